The fraction of sp³-hybridized carbons (Fsp3) is 0.562. The van der Waals surface area contributed by atoms with Crippen LogP contribution in [0.2, 0.25) is 0 Å². The van der Waals surface area contributed by atoms with Gasteiger partial charge in [0.25, 0.3) is 0 Å². The van der Waals surface area contributed by atoms with Crippen molar-refractivity contribution in [1.82, 2.24) is 9.62 Å². The van der Waals surface area contributed by atoms with Gasteiger partial charge in [0.15, 0.2) is 0 Å². The van der Waals surface area contributed by atoms with E-state index in [4.69, 9.17) is 0 Å². The van der Waals surface area contributed by atoms with Crippen LogP contribution in [0.5, 0.6) is 0 Å². The normalized spacial score (nSPS) is 19.6. The Morgan fingerprint density at radius 3 is 2.44 bits per heavy atom. The zero-order chi connectivity index (χ0) is 18.7. The summed E-state index contributed by atoms with van der Waals surface area (Å²) in [7, 11) is -4.04. The van der Waals surface area contributed by atoms with E-state index in [1.807, 2.05) is 6.92 Å². The maximum Gasteiger partial charge on any atom is 0.416 e. The van der Waals surface area contributed by atoms with Crippen LogP contribution in [0.3, 0.4) is 0 Å². The lowest BCUT2D eigenvalue weighted by atomic mass is 10.0. The molecule has 0 aliphatic carbocycles. The van der Waals surface area contributed by atoms with Crippen LogP contribution in [0.25, 0.3) is 0 Å². The molecule has 1 saturated heterocycles. The van der Waals surface area contributed by atoms with Crippen molar-refractivity contribution in [2.24, 2.45) is 0 Å². The lowest BCUT2D eigenvalue weighted by Crippen LogP contribution is -2.51. The van der Waals surface area contributed by atoms with Crippen LogP contribution in [0.15, 0.2) is 29.2 Å². The average molecular weight is 378 g/mol. The largest absolute Gasteiger partial charge is 0.416 e. The van der Waals surface area contributed by atoms with Gasteiger partial charge in [-0.3, -0.25) is 4.79 Å². The van der Waals surface area contributed by atoms with Gasteiger partial charge in [0.2, 0.25) is 15.9 Å². The number of hydrogen-bond donors (Lipinski definition) is 1. The number of halogens is 3. The summed E-state index contributed by atoms with van der Waals surface area (Å²) in [6.07, 6.45) is -2.07. The van der Waals surface area contributed by atoms with E-state index in [1.165, 1.54) is 0 Å². The number of piperidine rings is 1. The van der Waals surface area contributed by atoms with Gasteiger partial charge in [0.1, 0.15) is 6.04 Å². The summed E-state index contributed by atoms with van der Waals surface area (Å²) in [4.78, 5) is 12.0. The molecule has 1 atom stereocenters. The highest BCUT2D eigenvalue weighted by Gasteiger charge is 2.38. The highest BCUT2D eigenvalue weighted by molar-refractivity contribution is 7.89. The minimum absolute atomic E-state index is 0.174. The Balaban J connectivity index is 2.27. The molecule has 0 spiro atoms. The predicted octanol–water partition coefficient (Wildman–Crippen LogP) is 2.77. The summed E-state index contributed by atoms with van der Waals surface area (Å²) in [5, 5.41) is 2.69. The number of nitrogens with one attached hydrogen (secondary N) is 1. The molecule has 2 rings (SSSR count). The van der Waals surface area contributed by atoms with Crippen LogP contribution < -0.4 is 5.32 Å². The molecule has 1 aromatic carbocycles. The molecule has 9 heteroatoms. The standard InChI is InChI=1S/C16H21F3N2O3S/c1-2-10-20-15(22)14-5-3-4-11-21(14)25(23,24)13-8-6-12(7-9-13)16(17,18)19/h6-9,14H,2-5,10-11H2,1H3,(H,20,22). The van der Waals surface area contributed by atoms with Gasteiger partial charge in [-0.25, -0.2) is 8.42 Å². The van der Waals surface area contributed by atoms with Gasteiger partial charge in [0.05, 0.1) is 10.5 Å². The van der Waals surface area contributed by atoms with E-state index < -0.39 is 27.8 Å². The molecular weight excluding hydrogens is 357 g/mol. The van der Waals surface area contributed by atoms with Gasteiger partial charge in [-0.15, -0.1) is 0 Å². The maximum atomic E-state index is 12.8. The Morgan fingerprint density at radius 2 is 1.88 bits per heavy atom. The van der Waals surface area contributed by atoms with Gasteiger partial charge in [-0.05, 0) is 43.5 Å². The van der Waals surface area contributed by atoms with Crippen molar-refractivity contribution in [2.45, 2.75) is 49.7 Å². The third-order valence-electron chi connectivity index (χ3n) is 4.09. The molecule has 1 fully saturated rings. The molecule has 1 aromatic rings. The summed E-state index contributed by atoms with van der Waals surface area (Å²) in [6, 6.07) is 2.53. The first kappa shape index (κ1) is 19.7. The van der Waals surface area contributed by atoms with Crippen LogP contribution >= 0.6 is 0 Å². The molecule has 0 radical (unpaired) electrons. The molecule has 0 aromatic heterocycles. The number of amides is 1. The van der Waals surface area contributed by atoms with Crippen LogP contribution in [0.1, 0.15) is 38.2 Å². The number of sulfonamides is 1. The number of benzene rings is 1. The molecule has 25 heavy (non-hydrogen) atoms. The van der Waals surface area contributed by atoms with Crippen molar-refractivity contribution >= 4 is 15.9 Å². The second kappa shape index (κ2) is 7.74. The second-order valence-corrected chi connectivity index (χ2v) is 7.83. The molecule has 1 N–H and O–H groups in total. The average Bonchev–Trinajstić information content (AvgIpc) is 2.59. The van der Waals surface area contributed by atoms with Gasteiger partial charge < -0.3 is 5.32 Å². The highest BCUT2D eigenvalue weighted by atomic mass is 32.2. The van der Waals surface area contributed by atoms with Crippen LogP contribution in [-0.4, -0.2) is 37.8 Å². The highest BCUT2D eigenvalue weighted by Crippen LogP contribution is 2.31. The van der Waals surface area contributed by atoms with Gasteiger partial charge in [-0.2, -0.15) is 17.5 Å². The zero-order valence-electron chi connectivity index (χ0n) is 13.8. The third kappa shape index (κ3) is 4.52. The minimum Gasteiger partial charge on any atom is -0.355 e. The molecule has 5 nitrogen and oxygen atoms in total. The van der Waals surface area contributed by atoms with Crippen molar-refractivity contribution in [1.29, 1.82) is 0 Å². The van der Waals surface area contributed by atoms with E-state index in [1.54, 1.807) is 0 Å². The Labute approximate surface area is 145 Å². The van der Waals surface area contributed by atoms with E-state index >= 15 is 0 Å². The third-order valence-corrected chi connectivity index (χ3v) is 6.02. The van der Waals surface area contributed by atoms with Gasteiger partial charge in [-0.1, -0.05) is 13.3 Å². The first-order valence-corrected chi connectivity index (χ1v) is 9.58. The van der Waals surface area contributed by atoms with Crippen molar-refractivity contribution in [3.8, 4) is 0 Å². The smallest absolute Gasteiger partial charge is 0.355 e. The Bertz CT molecular complexity index is 702. The Morgan fingerprint density at radius 1 is 1.24 bits per heavy atom. The van der Waals surface area contributed by atoms with Gasteiger partial charge >= 0.3 is 6.18 Å². The second-order valence-electron chi connectivity index (χ2n) is 5.94. The van der Waals surface area contributed by atoms with E-state index in [9.17, 15) is 26.4 Å². The van der Waals surface area contributed by atoms with Crippen molar-refractivity contribution in [2.75, 3.05) is 13.1 Å². The first-order valence-electron chi connectivity index (χ1n) is 8.14. The molecule has 1 heterocycles. The number of rotatable bonds is 5. The number of hydrogen-bond acceptors (Lipinski definition) is 3. The molecule has 140 valence electrons. The number of carbonyl (C=O) groups is 1. The lowest BCUT2D eigenvalue weighted by Gasteiger charge is -2.33. The fourth-order valence-corrected chi connectivity index (χ4v) is 4.43. The van der Waals surface area contributed by atoms with Crippen molar-refractivity contribution in [3.05, 3.63) is 29.8 Å². The van der Waals surface area contributed by atoms with Crippen molar-refractivity contribution < 1.29 is 26.4 Å². The predicted molar refractivity (Wildman–Crippen MR) is 86.3 cm³/mol. The molecule has 1 aliphatic heterocycles. The summed E-state index contributed by atoms with van der Waals surface area (Å²) in [6.45, 7) is 2.51. The van der Waals surface area contributed by atoms with E-state index in [0.29, 0.717) is 19.4 Å². The molecular formula is C16H21F3N2O3S. The summed E-state index contributed by atoms with van der Waals surface area (Å²) in [5.41, 5.74) is -0.915. The van der Waals surface area contributed by atoms with E-state index in [-0.39, 0.29) is 17.3 Å². The molecule has 1 aliphatic rings. The first-order chi connectivity index (χ1) is 11.7. The Hall–Kier alpha value is -1.61. The summed E-state index contributed by atoms with van der Waals surface area (Å²) in [5.74, 6) is -0.364. The fourth-order valence-electron chi connectivity index (χ4n) is 2.77. The SMILES string of the molecule is CCCNC(=O)C1CCCCN1S(=O)(=O)c1ccc(C(F)(F)F)cc1. The molecule has 0 bridgehead atoms. The monoisotopic (exact) mass is 378 g/mol. The van der Waals surface area contributed by atoms with Crippen LogP contribution in [0, 0.1) is 0 Å². The topological polar surface area (TPSA) is 66.5 Å². The van der Waals surface area contributed by atoms with E-state index in [0.717, 1.165) is 41.4 Å². The minimum atomic E-state index is -4.53. The van der Waals surface area contributed by atoms with E-state index in [2.05, 4.69) is 5.32 Å². The Kier molecular flexibility index (Phi) is 6.10. The quantitative estimate of drug-likeness (QED) is 0.857. The molecule has 0 saturated carbocycles. The van der Waals surface area contributed by atoms with Crippen LogP contribution in [-0.2, 0) is 21.0 Å². The molecule has 1 unspecified atom stereocenters. The number of carbonyl (C=O) groups excluding carboxylic acids is 1. The maximum absolute atomic E-state index is 12.8. The number of alkyl halides is 3. The lowest BCUT2D eigenvalue weighted by molar-refractivity contribution is -0.137. The van der Waals surface area contributed by atoms with Gasteiger partial charge in [0, 0.05) is 13.1 Å². The van der Waals surface area contributed by atoms with Crippen molar-refractivity contribution in [3.63, 3.8) is 0 Å². The molecule has 1 amide bonds. The summed E-state index contributed by atoms with van der Waals surface area (Å²) >= 11 is 0. The number of nitrogens with zero attached hydrogens (tertiary/aromatic N) is 1. The zero-order valence-corrected chi connectivity index (χ0v) is 14.7. The van der Waals surface area contributed by atoms with Crippen LogP contribution in [0.4, 0.5) is 13.2 Å². The summed E-state index contributed by atoms with van der Waals surface area (Å²) < 4.78 is 64.6.